The number of hydrogen-bond donors (Lipinski definition) is 2. The first kappa shape index (κ1) is 19.8. The summed E-state index contributed by atoms with van der Waals surface area (Å²) < 4.78 is 27.9. The van der Waals surface area contributed by atoms with Gasteiger partial charge in [0.1, 0.15) is 0 Å². The van der Waals surface area contributed by atoms with Crippen molar-refractivity contribution in [2.24, 2.45) is 0 Å². The Bertz CT molecular complexity index is 1090. The second-order valence-electron chi connectivity index (χ2n) is 6.56. The van der Waals surface area contributed by atoms with E-state index in [1.165, 1.54) is 12.1 Å². The highest BCUT2D eigenvalue weighted by Gasteiger charge is 2.18. The quantitative estimate of drug-likeness (QED) is 0.663. The van der Waals surface area contributed by atoms with E-state index in [1.807, 2.05) is 61.5 Å². The molecule has 0 aliphatic heterocycles. The van der Waals surface area contributed by atoms with Crippen LogP contribution in [0, 0.1) is 13.8 Å². The number of nitrogens with one attached hydrogen (secondary N) is 2. The van der Waals surface area contributed by atoms with Crippen LogP contribution in [0.1, 0.15) is 27.0 Å². The van der Waals surface area contributed by atoms with Crippen molar-refractivity contribution in [2.75, 3.05) is 5.32 Å². The lowest BCUT2D eigenvalue weighted by molar-refractivity contribution is 0.102. The minimum atomic E-state index is -3.68. The third-order valence-corrected chi connectivity index (χ3v) is 5.99. The van der Waals surface area contributed by atoms with Gasteiger partial charge in [-0.2, -0.15) is 0 Å². The van der Waals surface area contributed by atoms with E-state index in [0.717, 1.165) is 16.8 Å². The molecule has 0 fully saturated rings. The molecule has 1 amide bonds. The first-order valence-corrected chi connectivity index (χ1v) is 10.4. The average molecular weight is 394 g/mol. The molecular weight excluding hydrogens is 372 g/mol. The molecule has 0 spiro atoms. The van der Waals surface area contributed by atoms with Crippen LogP contribution in [0.2, 0.25) is 0 Å². The van der Waals surface area contributed by atoms with Gasteiger partial charge in [-0.25, -0.2) is 13.1 Å². The Morgan fingerprint density at radius 3 is 2.21 bits per heavy atom. The number of aryl methyl sites for hydroxylation is 2. The molecule has 3 aromatic rings. The Balaban J connectivity index is 1.76. The van der Waals surface area contributed by atoms with Gasteiger partial charge in [-0.3, -0.25) is 4.79 Å². The predicted octanol–water partition coefficient (Wildman–Crippen LogP) is 4.03. The Morgan fingerprint density at radius 1 is 0.857 bits per heavy atom. The fraction of sp³-hybridized carbons (Fsp3) is 0.136. The van der Waals surface area contributed by atoms with Crippen molar-refractivity contribution in [2.45, 2.75) is 25.3 Å². The van der Waals surface area contributed by atoms with Gasteiger partial charge < -0.3 is 5.32 Å². The molecule has 0 atom stereocenters. The van der Waals surface area contributed by atoms with E-state index < -0.39 is 10.0 Å². The maximum Gasteiger partial charge on any atom is 0.255 e. The van der Waals surface area contributed by atoms with Crippen molar-refractivity contribution in [3.8, 4) is 0 Å². The molecule has 0 aliphatic rings. The summed E-state index contributed by atoms with van der Waals surface area (Å²) in [6.45, 7) is 3.80. The van der Waals surface area contributed by atoms with Crippen molar-refractivity contribution in [3.05, 3.63) is 95.1 Å². The fourth-order valence-corrected chi connectivity index (χ4v) is 4.09. The highest BCUT2D eigenvalue weighted by Crippen LogP contribution is 2.19. The van der Waals surface area contributed by atoms with E-state index in [9.17, 15) is 13.2 Å². The largest absolute Gasteiger partial charge is 0.322 e. The van der Waals surface area contributed by atoms with Crippen LogP contribution in [0.4, 0.5) is 5.69 Å². The second kappa shape index (κ2) is 8.37. The zero-order chi connectivity index (χ0) is 20.1. The first-order chi connectivity index (χ1) is 13.4. The first-order valence-electron chi connectivity index (χ1n) is 8.88. The summed E-state index contributed by atoms with van der Waals surface area (Å²) in [5.74, 6) is -0.279. The van der Waals surface area contributed by atoms with Gasteiger partial charge in [0.2, 0.25) is 10.0 Å². The third-order valence-electron chi connectivity index (χ3n) is 4.43. The minimum Gasteiger partial charge on any atom is -0.322 e. The Morgan fingerprint density at radius 2 is 1.54 bits per heavy atom. The van der Waals surface area contributed by atoms with Crippen LogP contribution in [0.15, 0.2) is 77.7 Å². The maximum atomic E-state index is 12.6. The molecular formula is C22H22N2O3S. The van der Waals surface area contributed by atoms with Gasteiger partial charge in [-0.1, -0.05) is 48.5 Å². The van der Waals surface area contributed by atoms with Crippen LogP contribution in [-0.4, -0.2) is 14.3 Å². The highest BCUT2D eigenvalue weighted by molar-refractivity contribution is 7.89. The summed E-state index contributed by atoms with van der Waals surface area (Å²) in [6.07, 6.45) is 0. The number of anilines is 1. The Labute approximate surface area is 165 Å². The average Bonchev–Trinajstić information content (AvgIpc) is 2.69. The van der Waals surface area contributed by atoms with Gasteiger partial charge in [0.15, 0.2) is 0 Å². The summed E-state index contributed by atoms with van der Waals surface area (Å²) >= 11 is 0. The molecule has 2 N–H and O–H groups in total. The van der Waals surface area contributed by atoms with E-state index >= 15 is 0 Å². The highest BCUT2D eigenvalue weighted by atomic mass is 32.2. The number of hydrogen-bond acceptors (Lipinski definition) is 3. The van der Waals surface area contributed by atoms with E-state index in [4.69, 9.17) is 0 Å². The van der Waals surface area contributed by atoms with Gasteiger partial charge in [0.05, 0.1) is 4.90 Å². The van der Waals surface area contributed by atoms with Gasteiger partial charge in [-0.15, -0.1) is 0 Å². The molecule has 0 bridgehead atoms. The van der Waals surface area contributed by atoms with Gasteiger partial charge >= 0.3 is 0 Å². The lowest BCUT2D eigenvalue weighted by atomic mass is 10.1. The number of para-hydroxylation sites is 1. The lowest BCUT2D eigenvalue weighted by Gasteiger charge is -2.12. The SMILES string of the molecule is Cc1ccccc1NC(=O)c1ccc(S(=O)(=O)NCc2ccccc2)c(C)c1. The molecule has 144 valence electrons. The Hall–Kier alpha value is -2.96. The molecule has 0 heterocycles. The molecule has 3 rings (SSSR count). The van der Waals surface area contributed by atoms with E-state index in [-0.39, 0.29) is 17.3 Å². The number of carbonyl (C=O) groups excluding carboxylic acids is 1. The second-order valence-corrected chi connectivity index (χ2v) is 8.29. The molecule has 5 nitrogen and oxygen atoms in total. The standard InChI is InChI=1S/C22H22N2O3S/c1-16-8-6-7-11-20(16)24-22(25)19-12-13-21(17(2)14-19)28(26,27)23-15-18-9-4-3-5-10-18/h3-14,23H,15H2,1-2H3,(H,24,25). The minimum absolute atomic E-state index is 0.163. The summed E-state index contributed by atoms with van der Waals surface area (Å²) in [6, 6.07) is 21.4. The molecule has 0 saturated carbocycles. The molecule has 0 aliphatic carbocycles. The predicted molar refractivity (Wildman–Crippen MR) is 111 cm³/mol. The van der Waals surface area contributed by atoms with Crippen LogP contribution in [0.3, 0.4) is 0 Å². The normalized spacial score (nSPS) is 11.2. The van der Waals surface area contributed by atoms with Gasteiger partial charge in [-0.05, 0) is 54.8 Å². The van der Waals surface area contributed by atoms with Crippen LogP contribution < -0.4 is 10.0 Å². The van der Waals surface area contributed by atoms with Gasteiger partial charge in [0.25, 0.3) is 5.91 Å². The summed E-state index contributed by atoms with van der Waals surface area (Å²) in [5, 5.41) is 2.85. The number of carbonyl (C=O) groups is 1. The zero-order valence-corrected chi connectivity index (χ0v) is 16.6. The van der Waals surface area contributed by atoms with Crippen LogP contribution >= 0.6 is 0 Å². The maximum absolute atomic E-state index is 12.6. The fourth-order valence-electron chi connectivity index (χ4n) is 2.85. The lowest BCUT2D eigenvalue weighted by Crippen LogP contribution is -2.24. The van der Waals surface area contributed by atoms with E-state index in [2.05, 4.69) is 10.0 Å². The zero-order valence-electron chi connectivity index (χ0n) is 15.8. The number of benzene rings is 3. The number of amides is 1. The third kappa shape index (κ3) is 4.65. The molecule has 0 saturated heterocycles. The molecule has 3 aromatic carbocycles. The summed E-state index contributed by atoms with van der Waals surface area (Å²) in [5.41, 5.74) is 3.47. The van der Waals surface area contributed by atoms with Crippen molar-refractivity contribution in [1.82, 2.24) is 4.72 Å². The molecule has 28 heavy (non-hydrogen) atoms. The number of rotatable bonds is 6. The Kier molecular flexibility index (Phi) is 5.92. The van der Waals surface area contributed by atoms with Gasteiger partial charge in [0, 0.05) is 17.8 Å². The van der Waals surface area contributed by atoms with Crippen LogP contribution in [0.5, 0.6) is 0 Å². The van der Waals surface area contributed by atoms with Crippen molar-refractivity contribution >= 4 is 21.6 Å². The van der Waals surface area contributed by atoms with Crippen LogP contribution in [-0.2, 0) is 16.6 Å². The molecule has 0 unspecified atom stereocenters. The molecule has 0 aromatic heterocycles. The summed E-state index contributed by atoms with van der Waals surface area (Å²) in [4.78, 5) is 12.7. The topological polar surface area (TPSA) is 75.3 Å². The smallest absolute Gasteiger partial charge is 0.255 e. The van der Waals surface area contributed by atoms with Crippen molar-refractivity contribution < 1.29 is 13.2 Å². The molecule has 6 heteroatoms. The number of sulfonamides is 1. The molecule has 0 radical (unpaired) electrons. The monoisotopic (exact) mass is 394 g/mol. The van der Waals surface area contributed by atoms with Crippen LogP contribution in [0.25, 0.3) is 0 Å². The van der Waals surface area contributed by atoms with Crippen molar-refractivity contribution in [3.63, 3.8) is 0 Å². The summed E-state index contributed by atoms with van der Waals surface area (Å²) in [7, 11) is -3.68. The van der Waals surface area contributed by atoms with E-state index in [0.29, 0.717) is 11.1 Å². The van der Waals surface area contributed by atoms with E-state index in [1.54, 1.807) is 13.0 Å². The van der Waals surface area contributed by atoms with Crippen molar-refractivity contribution in [1.29, 1.82) is 0 Å².